The Bertz CT molecular complexity index is 137. The third-order valence-electron chi connectivity index (χ3n) is 1.19. The topological polar surface area (TPSA) is 17.1 Å². The molecular weight excluding hydrogens is 161 g/mol. The summed E-state index contributed by atoms with van der Waals surface area (Å²) < 4.78 is 0. The maximum atomic E-state index is 10.2. The van der Waals surface area contributed by atoms with Crippen molar-refractivity contribution in [2.24, 2.45) is 0 Å². The van der Waals surface area contributed by atoms with Crippen LogP contribution in [0.3, 0.4) is 0 Å². The van der Waals surface area contributed by atoms with E-state index in [-0.39, 0.29) is 0 Å². The fourth-order valence-corrected chi connectivity index (χ4v) is 3.31. The van der Waals surface area contributed by atoms with Gasteiger partial charge in [-0.1, -0.05) is 0 Å². The first-order valence-electron chi connectivity index (χ1n) is 2.72. The van der Waals surface area contributed by atoms with E-state index in [0.29, 0.717) is 0 Å². The van der Waals surface area contributed by atoms with Gasteiger partial charge in [0.25, 0.3) is 0 Å². The van der Waals surface area contributed by atoms with Gasteiger partial charge in [0.05, 0.1) is 0 Å². The summed E-state index contributed by atoms with van der Waals surface area (Å²) in [5.74, 6) is 0. The van der Waals surface area contributed by atoms with Crippen molar-refractivity contribution in [1.29, 1.82) is 0 Å². The molecule has 1 unspecified atom stereocenters. The van der Waals surface area contributed by atoms with E-state index >= 15 is 0 Å². The van der Waals surface area contributed by atoms with Gasteiger partial charge in [0, 0.05) is 0 Å². The number of hydrogen-bond donors (Lipinski definition) is 0. The fourth-order valence-electron chi connectivity index (χ4n) is 0.701. The van der Waals surface area contributed by atoms with Gasteiger partial charge in [0.2, 0.25) is 0 Å². The predicted octanol–water partition coefficient (Wildman–Crippen LogP) is 0.651. The molecule has 1 aliphatic rings. The zero-order valence-corrected chi connectivity index (χ0v) is 7.00. The Morgan fingerprint density at radius 3 is 2.75 bits per heavy atom. The summed E-state index contributed by atoms with van der Waals surface area (Å²) in [5, 5.41) is 2.22. The molecule has 0 saturated carbocycles. The number of allylic oxidation sites excluding steroid dienone is 3. The van der Waals surface area contributed by atoms with Crippen LogP contribution in [0.1, 0.15) is 0 Å². The van der Waals surface area contributed by atoms with E-state index in [1.165, 1.54) is 0 Å². The summed E-state index contributed by atoms with van der Waals surface area (Å²) in [6, 6.07) is 0. The Hall–Kier alpha value is -0.307. The Morgan fingerprint density at radius 1 is 1.50 bits per heavy atom. The van der Waals surface area contributed by atoms with Gasteiger partial charge in [0.15, 0.2) is 0 Å². The molecule has 0 fully saturated rings. The van der Waals surface area contributed by atoms with Crippen LogP contribution in [0.15, 0.2) is 23.1 Å². The number of carbonyl (C=O) groups is 1. The summed E-state index contributed by atoms with van der Waals surface area (Å²) >= 11 is -1.47. The van der Waals surface area contributed by atoms with Crippen LogP contribution in [-0.2, 0) is 4.79 Å². The van der Waals surface area contributed by atoms with Gasteiger partial charge in [-0.2, -0.15) is 0 Å². The van der Waals surface area contributed by atoms with Gasteiger partial charge in [0.1, 0.15) is 0 Å². The van der Waals surface area contributed by atoms with Crippen LogP contribution < -0.4 is 0 Å². The van der Waals surface area contributed by atoms with Crippen LogP contribution in [0.5, 0.6) is 0 Å². The Morgan fingerprint density at radius 2 is 2.38 bits per heavy atom. The number of rotatable bonds is 1. The molecule has 0 aromatic rings. The second-order valence-electron chi connectivity index (χ2n) is 1.85. The fraction of sp³-hybridized carbons (Fsp3) is 0.167. The number of carbonyl (C=O) groups excluding carboxylic acids is 1. The molecule has 0 N–H and O–H groups in total. The summed E-state index contributed by atoms with van der Waals surface area (Å²) in [4.78, 5) is 12.3. The molecule has 0 radical (unpaired) electrons. The van der Waals surface area contributed by atoms with Crippen molar-refractivity contribution in [3.05, 3.63) is 23.1 Å². The number of hydrogen-bond acceptors (Lipinski definition) is 1. The van der Waals surface area contributed by atoms with Crippen molar-refractivity contribution in [1.82, 2.24) is 0 Å². The molecule has 42 valence electrons. The molecule has 1 rings (SSSR count). The second kappa shape index (κ2) is 2.87. The average Bonchev–Trinajstić information content (AvgIpc) is 1.90. The molecule has 0 amide bonds. The Kier molecular flexibility index (Phi) is 2.09. The third-order valence-corrected chi connectivity index (χ3v) is 5.14. The van der Waals surface area contributed by atoms with Gasteiger partial charge in [-0.25, -0.2) is 0 Å². The molecule has 1 atom stereocenters. The molecule has 1 nitrogen and oxygen atoms in total. The van der Waals surface area contributed by atoms with Crippen LogP contribution in [0.25, 0.3) is 0 Å². The third kappa shape index (κ3) is 1.33. The molecule has 2 heteroatoms. The molecule has 0 aromatic heterocycles. The summed E-state index contributed by atoms with van der Waals surface area (Å²) in [7, 11) is 0. The van der Waals surface area contributed by atoms with Gasteiger partial charge in [-0.15, -0.1) is 0 Å². The maximum absolute atomic E-state index is 10.2. The van der Waals surface area contributed by atoms with Gasteiger partial charge in [-0.05, 0) is 0 Å². The van der Waals surface area contributed by atoms with Gasteiger partial charge in [-0.3, -0.25) is 0 Å². The van der Waals surface area contributed by atoms with Crippen molar-refractivity contribution in [3.8, 4) is 0 Å². The molecule has 0 aromatic carbocycles. The van der Waals surface area contributed by atoms with Crippen molar-refractivity contribution < 1.29 is 4.79 Å². The van der Waals surface area contributed by atoms with E-state index in [1.807, 2.05) is 12.2 Å². The van der Waals surface area contributed by atoms with Crippen molar-refractivity contribution in [3.63, 3.8) is 0 Å². The van der Waals surface area contributed by atoms with E-state index in [4.69, 9.17) is 0 Å². The van der Waals surface area contributed by atoms with Crippen molar-refractivity contribution >= 4 is 19.5 Å². The van der Waals surface area contributed by atoms with Crippen molar-refractivity contribution in [2.45, 2.75) is 5.25 Å². The van der Waals surface area contributed by atoms with E-state index in [1.54, 1.807) is 0 Å². The Labute approximate surface area is 53.2 Å². The zero-order valence-electron chi connectivity index (χ0n) is 4.58. The van der Waals surface area contributed by atoms with Crippen LogP contribution >= 0.6 is 0 Å². The van der Waals surface area contributed by atoms with E-state index in [2.05, 4.69) is 11.0 Å². The van der Waals surface area contributed by atoms with Crippen LogP contribution in [0.2, 0.25) is 5.25 Å². The SMILES string of the molecule is O=[CH][GeH]1[CH]=CC=C[CH2]1. The summed E-state index contributed by atoms with van der Waals surface area (Å²) in [6.45, 7) is 0. The molecule has 0 bridgehead atoms. The minimum absolute atomic E-state index is 1.06. The molecular formula is C6H8GeO. The molecule has 0 saturated heterocycles. The average molecular weight is 169 g/mol. The Balaban J connectivity index is 2.51. The minimum atomic E-state index is -1.47. The quantitative estimate of drug-likeness (QED) is 0.415. The molecule has 1 aliphatic heterocycles. The zero-order chi connectivity index (χ0) is 5.82. The van der Waals surface area contributed by atoms with Crippen LogP contribution in [0, 0.1) is 0 Å². The van der Waals surface area contributed by atoms with Crippen LogP contribution in [-0.4, -0.2) is 19.5 Å². The van der Waals surface area contributed by atoms with Gasteiger partial charge < -0.3 is 0 Å². The monoisotopic (exact) mass is 170 g/mol. The molecule has 1 heterocycles. The standard InChI is InChI=1S/C6H8GeO/c8-6-7-4-2-1-3-5-7/h1-4,6-7H,5H2. The molecule has 8 heavy (non-hydrogen) atoms. The molecule has 0 spiro atoms. The van der Waals surface area contributed by atoms with Crippen molar-refractivity contribution in [2.75, 3.05) is 0 Å². The normalized spacial score (nSPS) is 25.8. The first kappa shape index (κ1) is 5.82. The first-order valence-corrected chi connectivity index (χ1v) is 7.23. The summed E-state index contributed by atoms with van der Waals surface area (Å²) in [6.07, 6.45) is 6.08. The molecule has 0 aliphatic carbocycles. The predicted molar refractivity (Wildman–Crippen MR) is 37.0 cm³/mol. The van der Waals surface area contributed by atoms with E-state index in [9.17, 15) is 4.79 Å². The first-order chi connectivity index (χ1) is 3.93. The van der Waals surface area contributed by atoms with E-state index < -0.39 is 14.3 Å². The summed E-state index contributed by atoms with van der Waals surface area (Å²) in [5.41, 5.74) is 0. The van der Waals surface area contributed by atoms with Gasteiger partial charge >= 0.3 is 52.7 Å². The second-order valence-corrected chi connectivity index (χ2v) is 7.00. The van der Waals surface area contributed by atoms with Crippen LogP contribution in [0.4, 0.5) is 0 Å². The van der Waals surface area contributed by atoms with E-state index in [0.717, 1.165) is 10.4 Å².